The molecule has 1 N–H and O–H groups in total. The van der Waals surface area contributed by atoms with Crippen LogP contribution in [-0.4, -0.2) is 25.7 Å². The number of aromatic carboxylic acids is 1. The van der Waals surface area contributed by atoms with Crippen molar-refractivity contribution >= 4 is 23.2 Å². The van der Waals surface area contributed by atoms with Gasteiger partial charge in [-0.3, -0.25) is 0 Å². The second-order valence-corrected chi connectivity index (χ2v) is 3.83. The maximum absolute atomic E-state index is 12.7. The predicted molar refractivity (Wildman–Crippen MR) is 54.7 cm³/mol. The molecule has 5 nitrogen and oxygen atoms in total. The van der Waals surface area contributed by atoms with Crippen LogP contribution in [0, 0.1) is 6.92 Å². The van der Waals surface area contributed by atoms with Gasteiger partial charge >= 0.3 is 12.1 Å². The summed E-state index contributed by atoms with van der Waals surface area (Å²) >= 11 is 5.72. The molecule has 0 aromatic carbocycles. The van der Waals surface area contributed by atoms with Crippen molar-refractivity contribution < 1.29 is 23.1 Å². The van der Waals surface area contributed by atoms with Crippen LogP contribution in [0.1, 0.15) is 21.6 Å². The SMILES string of the molecule is Cc1c(C(F)(F)F)nc2c(C(=O)O)cnn2c1Cl. The van der Waals surface area contributed by atoms with Gasteiger partial charge in [-0.2, -0.15) is 18.3 Å². The van der Waals surface area contributed by atoms with Gasteiger partial charge in [-0.05, 0) is 6.92 Å². The van der Waals surface area contributed by atoms with E-state index in [2.05, 4.69) is 10.1 Å². The lowest BCUT2D eigenvalue weighted by Gasteiger charge is -2.11. The summed E-state index contributed by atoms with van der Waals surface area (Å²) in [6, 6.07) is 0. The molecule has 0 aliphatic carbocycles. The van der Waals surface area contributed by atoms with Crippen LogP contribution in [-0.2, 0) is 6.18 Å². The highest BCUT2D eigenvalue weighted by molar-refractivity contribution is 6.30. The Hall–Kier alpha value is -1.83. The lowest BCUT2D eigenvalue weighted by molar-refractivity contribution is -0.141. The molecule has 18 heavy (non-hydrogen) atoms. The number of fused-ring (bicyclic) bond motifs is 1. The van der Waals surface area contributed by atoms with Crippen LogP contribution >= 0.6 is 11.6 Å². The number of carboxylic acids is 1. The first kappa shape index (κ1) is 12.6. The topological polar surface area (TPSA) is 67.5 Å². The van der Waals surface area contributed by atoms with Crippen molar-refractivity contribution in [2.24, 2.45) is 0 Å². The fourth-order valence-corrected chi connectivity index (χ4v) is 1.68. The molecule has 0 aliphatic heterocycles. The van der Waals surface area contributed by atoms with E-state index in [-0.39, 0.29) is 10.7 Å². The van der Waals surface area contributed by atoms with Crippen molar-refractivity contribution in [3.8, 4) is 0 Å². The molecule has 96 valence electrons. The lowest BCUT2D eigenvalue weighted by atomic mass is 10.2. The third-order valence-electron chi connectivity index (χ3n) is 2.31. The molecule has 0 radical (unpaired) electrons. The molecule has 2 aromatic rings. The summed E-state index contributed by atoms with van der Waals surface area (Å²) in [6.45, 7) is 1.14. The number of alkyl halides is 3. The van der Waals surface area contributed by atoms with E-state index >= 15 is 0 Å². The van der Waals surface area contributed by atoms with Gasteiger partial charge in [0.1, 0.15) is 10.7 Å². The van der Waals surface area contributed by atoms with Crippen molar-refractivity contribution in [1.82, 2.24) is 14.6 Å². The molecule has 0 unspecified atom stereocenters. The van der Waals surface area contributed by atoms with Crippen molar-refractivity contribution in [3.05, 3.63) is 28.2 Å². The molecule has 0 amide bonds. The van der Waals surface area contributed by atoms with Gasteiger partial charge < -0.3 is 5.11 Å². The Balaban J connectivity index is 2.88. The number of rotatable bonds is 1. The molecular formula is C9H5ClF3N3O2. The number of nitrogens with zero attached hydrogens (tertiary/aromatic N) is 3. The Bertz CT molecular complexity index is 651. The van der Waals surface area contributed by atoms with Gasteiger partial charge in [0, 0.05) is 5.56 Å². The normalized spacial score (nSPS) is 12.1. The zero-order valence-electron chi connectivity index (χ0n) is 8.79. The molecule has 0 aliphatic rings. The van der Waals surface area contributed by atoms with Crippen LogP contribution in [0.25, 0.3) is 5.65 Å². The summed E-state index contributed by atoms with van der Waals surface area (Å²) < 4.78 is 38.9. The predicted octanol–water partition coefficient (Wildman–Crippen LogP) is 2.41. The summed E-state index contributed by atoms with van der Waals surface area (Å²) in [4.78, 5) is 14.1. The minimum Gasteiger partial charge on any atom is -0.477 e. The molecule has 0 atom stereocenters. The number of carbonyl (C=O) groups is 1. The largest absolute Gasteiger partial charge is 0.477 e. The van der Waals surface area contributed by atoms with Gasteiger partial charge in [0.15, 0.2) is 11.3 Å². The van der Waals surface area contributed by atoms with Gasteiger partial charge in [0.25, 0.3) is 0 Å². The van der Waals surface area contributed by atoms with Crippen molar-refractivity contribution in [2.75, 3.05) is 0 Å². The molecule has 0 spiro atoms. The second-order valence-electron chi connectivity index (χ2n) is 3.47. The van der Waals surface area contributed by atoms with Crippen molar-refractivity contribution in [1.29, 1.82) is 0 Å². The number of carboxylic acid groups (broad SMARTS) is 1. The quantitative estimate of drug-likeness (QED) is 0.814. The minimum absolute atomic E-state index is 0.309. The van der Waals surface area contributed by atoms with E-state index in [1.165, 1.54) is 0 Å². The van der Waals surface area contributed by atoms with Crippen LogP contribution in [0.4, 0.5) is 13.2 Å². The van der Waals surface area contributed by atoms with E-state index in [9.17, 15) is 18.0 Å². The highest BCUT2D eigenvalue weighted by atomic mass is 35.5. The van der Waals surface area contributed by atoms with E-state index in [0.29, 0.717) is 0 Å². The number of halogens is 4. The summed E-state index contributed by atoms with van der Waals surface area (Å²) in [5.74, 6) is -1.43. The first-order valence-electron chi connectivity index (χ1n) is 4.57. The van der Waals surface area contributed by atoms with E-state index in [0.717, 1.165) is 17.6 Å². The Morgan fingerprint density at radius 3 is 2.61 bits per heavy atom. The number of hydrogen-bond donors (Lipinski definition) is 1. The smallest absolute Gasteiger partial charge is 0.433 e. The fraction of sp³-hybridized carbons (Fsp3) is 0.222. The molecule has 0 fully saturated rings. The van der Waals surface area contributed by atoms with E-state index in [1.54, 1.807) is 0 Å². The average Bonchev–Trinajstić information content (AvgIpc) is 2.65. The van der Waals surface area contributed by atoms with Crippen LogP contribution in [0.3, 0.4) is 0 Å². The lowest BCUT2D eigenvalue weighted by Crippen LogP contribution is -2.14. The molecule has 0 saturated heterocycles. The standard InChI is InChI=1S/C9H5ClF3N3O2/c1-3-5(9(11,12)13)15-7-4(8(17)18)2-14-16(7)6(3)10/h2H,1H3,(H,17,18). The molecular weight excluding hydrogens is 275 g/mol. The molecule has 2 rings (SSSR count). The van der Waals surface area contributed by atoms with Crippen LogP contribution in [0.2, 0.25) is 5.15 Å². The highest BCUT2D eigenvalue weighted by Crippen LogP contribution is 2.33. The van der Waals surface area contributed by atoms with Gasteiger partial charge in [0.2, 0.25) is 0 Å². The van der Waals surface area contributed by atoms with Crippen LogP contribution in [0.5, 0.6) is 0 Å². The summed E-state index contributed by atoms with van der Waals surface area (Å²) in [7, 11) is 0. The zero-order valence-corrected chi connectivity index (χ0v) is 9.54. The Kier molecular flexibility index (Phi) is 2.69. The maximum Gasteiger partial charge on any atom is 0.433 e. The number of aromatic nitrogens is 3. The van der Waals surface area contributed by atoms with Crippen molar-refractivity contribution in [3.63, 3.8) is 0 Å². The third-order valence-corrected chi connectivity index (χ3v) is 2.75. The monoisotopic (exact) mass is 279 g/mol. The van der Waals surface area contributed by atoms with Gasteiger partial charge in [-0.15, -0.1) is 0 Å². The van der Waals surface area contributed by atoms with E-state index in [4.69, 9.17) is 16.7 Å². The third kappa shape index (κ3) is 1.78. The van der Waals surface area contributed by atoms with Crippen LogP contribution < -0.4 is 0 Å². The first-order chi connectivity index (χ1) is 8.23. The first-order valence-corrected chi connectivity index (χ1v) is 4.95. The summed E-state index contributed by atoms with van der Waals surface area (Å²) in [5, 5.41) is 12.1. The summed E-state index contributed by atoms with van der Waals surface area (Å²) in [6.07, 6.45) is -3.81. The van der Waals surface area contributed by atoms with Gasteiger partial charge in [-0.25, -0.2) is 14.3 Å². The average molecular weight is 280 g/mol. The molecule has 2 heterocycles. The minimum atomic E-state index is -4.71. The van der Waals surface area contributed by atoms with Gasteiger partial charge in [0.05, 0.1) is 6.20 Å². The van der Waals surface area contributed by atoms with E-state index < -0.39 is 29.1 Å². The molecule has 2 aromatic heterocycles. The van der Waals surface area contributed by atoms with E-state index in [1.807, 2.05) is 0 Å². The second kappa shape index (κ2) is 3.84. The van der Waals surface area contributed by atoms with Gasteiger partial charge in [-0.1, -0.05) is 11.6 Å². The van der Waals surface area contributed by atoms with Crippen LogP contribution in [0.15, 0.2) is 6.20 Å². The molecule has 0 bridgehead atoms. The molecule has 0 saturated carbocycles. The number of hydrogen-bond acceptors (Lipinski definition) is 3. The Labute approximate surface area is 103 Å². The zero-order chi connectivity index (χ0) is 13.7. The Morgan fingerprint density at radius 1 is 1.50 bits per heavy atom. The van der Waals surface area contributed by atoms with Crippen molar-refractivity contribution in [2.45, 2.75) is 13.1 Å². The highest BCUT2D eigenvalue weighted by Gasteiger charge is 2.36. The fourth-order valence-electron chi connectivity index (χ4n) is 1.47. The maximum atomic E-state index is 12.7. The summed E-state index contributed by atoms with van der Waals surface area (Å²) in [5.41, 5.74) is -2.41. The molecule has 9 heteroatoms. The Morgan fingerprint density at radius 2 is 2.11 bits per heavy atom.